The summed E-state index contributed by atoms with van der Waals surface area (Å²) in [6, 6.07) is 1.85. The molecule has 26 heavy (non-hydrogen) atoms. The Kier molecular flexibility index (Phi) is 7.85. The second-order valence-electron chi connectivity index (χ2n) is 6.35. The third-order valence-electron chi connectivity index (χ3n) is 4.22. The summed E-state index contributed by atoms with van der Waals surface area (Å²) in [6.45, 7) is 1.65. The van der Waals surface area contributed by atoms with Gasteiger partial charge < -0.3 is 20.1 Å². The minimum absolute atomic E-state index is 0.0661. The molecule has 2 rings (SSSR count). The van der Waals surface area contributed by atoms with Crippen LogP contribution in [0.1, 0.15) is 44.6 Å². The van der Waals surface area contributed by atoms with Crippen molar-refractivity contribution in [1.29, 1.82) is 0 Å². The van der Waals surface area contributed by atoms with Crippen LogP contribution in [0.3, 0.4) is 0 Å². The van der Waals surface area contributed by atoms with Crippen molar-refractivity contribution in [3.8, 4) is 0 Å². The van der Waals surface area contributed by atoms with Crippen LogP contribution in [0.15, 0.2) is 18.5 Å². The smallest absolute Gasteiger partial charge is 0.407 e. The molecule has 0 aromatic carbocycles. The lowest BCUT2D eigenvalue weighted by molar-refractivity contribution is -0.131. The van der Waals surface area contributed by atoms with Crippen LogP contribution in [-0.2, 0) is 25.5 Å². The van der Waals surface area contributed by atoms with Crippen molar-refractivity contribution in [2.75, 3.05) is 11.9 Å². The molecule has 0 aliphatic heterocycles. The highest BCUT2D eigenvalue weighted by Gasteiger charge is 2.21. The van der Waals surface area contributed by atoms with Gasteiger partial charge in [0.15, 0.2) is 0 Å². The van der Waals surface area contributed by atoms with Crippen molar-refractivity contribution in [2.24, 2.45) is 0 Å². The fraction of sp³-hybridized carbons (Fsp3) is 0.556. The summed E-state index contributed by atoms with van der Waals surface area (Å²) in [6.07, 6.45) is 7.48. The fourth-order valence-corrected chi connectivity index (χ4v) is 3.03. The normalized spacial score (nSPS) is 15.6. The topological polar surface area (TPSA) is 107 Å². The molecule has 1 saturated carbocycles. The minimum atomic E-state index is -0.668. The number of ether oxygens (including phenoxy) is 2. The molecule has 1 unspecified atom stereocenters. The van der Waals surface area contributed by atoms with Crippen LogP contribution in [-0.4, -0.2) is 42.2 Å². The summed E-state index contributed by atoms with van der Waals surface area (Å²) < 4.78 is 10.2. The van der Waals surface area contributed by atoms with Crippen LogP contribution >= 0.6 is 0 Å². The zero-order valence-corrected chi connectivity index (χ0v) is 14.9. The number of nitrogens with one attached hydrogen (secondary N) is 2. The van der Waals surface area contributed by atoms with Gasteiger partial charge in [-0.2, -0.15) is 0 Å². The molecule has 1 aromatic rings. The Morgan fingerprint density at radius 2 is 2.12 bits per heavy atom. The van der Waals surface area contributed by atoms with Gasteiger partial charge in [0, 0.05) is 25.6 Å². The SMILES string of the molecule is CC(=O)Nc1cnccc1CC(COC=O)OC(=O)NC1CCCCC1. The van der Waals surface area contributed by atoms with Crippen molar-refractivity contribution in [3.63, 3.8) is 0 Å². The Balaban J connectivity index is 1.99. The molecule has 1 aliphatic rings. The Labute approximate surface area is 152 Å². The van der Waals surface area contributed by atoms with Crippen molar-refractivity contribution < 1.29 is 23.9 Å². The summed E-state index contributed by atoms with van der Waals surface area (Å²) in [5.74, 6) is -0.226. The van der Waals surface area contributed by atoms with Gasteiger partial charge in [-0.1, -0.05) is 19.3 Å². The number of carbonyl (C=O) groups is 3. The van der Waals surface area contributed by atoms with E-state index in [1.165, 1.54) is 19.5 Å². The molecule has 142 valence electrons. The Hall–Kier alpha value is -2.64. The van der Waals surface area contributed by atoms with Crippen LogP contribution in [0.2, 0.25) is 0 Å². The number of nitrogens with zero attached hydrogens (tertiary/aromatic N) is 1. The third kappa shape index (κ3) is 6.70. The van der Waals surface area contributed by atoms with Gasteiger partial charge in [0.1, 0.15) is 12.7 Å². The van der Waals surface area contributed by atoms with Crippen molar-refractivity contribution in [3.05, 3.63) is 24.0 Å². The number of alkyl carbamates (subject to hydrolysis) is 1. The number of amides is 2. The van der Waals surface area contributed by atoms with Crippen LogP contribution in [0, 0.1) is 0 Å². The highest BCUT2D eigenvalue weighted by molar-refractivity contribution is 5.89. The molecular formula is C18H25N3O5. The molecule has 0 radical (unpaired) electrons. The molecule has 2 N–H and O–H groups in total. The quantitative estimate of drug-likeness (QED) is 0.686. The van der Waals surface area contributed by atoms with Gasteiger partial charge in [-0.25, -0.2) is 4.79 Å². The molecular weight excluding hydrogens is 338 g/mol. The van der Waals surface area contributed by atoms with Gasteiger partial charge >= 0.3 is 6.09 Å². The van der Waals surface area contributed by atoms with Crippen LogP contribution in [0.4, 0.5) is 10.5 Å². The first-order valence-electron chi connectivity index (χ1n) is 8.81. The van der Waals surface area contributed by atoms with E-state index in [1.807, 2.05) is 0 Å². The van der Waals surface area contributed by atoms with Gasteiger partial charge in [0.05, 0.1) is 11.9 Å². The summed E-state index contributed by atoms with van der Waals surface area (Å²) in [5, 5.41) is 5.56. The molecule has 0 spiro atoms. The van der Waals surface area contributed by atoms with E-state index in [1.54, 1.807) is 12.3 Å². The minimum Gasteiger partial charge on any atom is -0.464 e. The zero-order chi connectivity index (χ0) is 18.8. The highest BCUT2D eigenvalue weighted by Crippen LogP contribution is 2.19. The van der Waals surface area contributed by atoms with Crippen LogP contribution in [0.5, 0.6) is 0 Å². The average molecular weight is 363 g/mol. The molecule has 1 atom stereocenters. The third-order valence-corrected chi connectivity index (χ3v) is 4.22. The lowest BCUT2D eigenvalue weighted by atomic mass is 9.96. The molecule has 1 aliphatic carbocycles. The van der Waals surface area contributed by atoms with E-state index in [2.05, 4.69) is 15.6 Å². The number of aromatic nitrogens is 1. The first-order chi connectivity index (χ1) is 12.6. The highest BCUT2D eigenvalue weighted by atomic mass is 16.6. The predicted molar refractivity (Wildman–Crippen MR) is 94.5 cm³/mol. The van der Waals surface area contributed by atoms with Gasteiger partial charge in [-0.15, -0.1) is 0 Å². The van der Waals surface area contributed by atoms with Crippen molar-refractivity contribution in [2.45, 2.75) is 57.6 Å². The molecule has 2 amide bonds. The first-order valence-corrected chi connectivity index (χ1v) is 8.81. The fourth-order valence-electron chi connectivity index (χ4n) is 3.03. The van der Waals surface area contributed by atoms with E-state index in [9.17, 15) is 14.4 Å². The summed E-state index contributed by atoms with van der Waals surface area (Å²) in [7, 11) is 0. The van der Waals surface area contributed by atoms with Gasteiger partial charge in [0.2, 0.25) is 5.91 Å². The average Bonchev–Trinajstić information content (AvgIpc) is 2.61. The van der Waals surface area contributed by atoms with Crippen LogP contribution < -0.4 is 10.6 Å². The Morgan fingerprint density at radius 3 is 2.81 bits per heavy atom. The maximum Gasteiger partial charge on any atom is 0.407 e. The van der Waals surface area contributed by atoms with E-state index < -0.39 is 12.2 Å². The summed E-state index contributed by atoms with van der Waals surface area (Å²) >= 11 is 0. The summed E-state index contributed by atoms with van der Waals surface area (Å²) in [5.41, 5.74) is 1.27. The molecule has 0 bridgehead atoms. The van der Waals surface area contributed by atoms with E-state index in [4.69, 9.17) is 9.47 Å². The molecule has 1 fully saturated rings. The van der Waals surface area contributed by atoms with Gasteiger partial charge in [0.25, 0.3) is 6.47 Å². The molecule has 1 heterocycles. The van der Waals surface area contributed by atoms with Crippen molar-refractivity contribution >= 4 is 24.2 Å². The van der Waals surface area contributed by atoms with Crippen LogP contribution in [0.25, 0.3) is 0 Å². The maximum atomic E-state index is 12.2. The molecule has 8 heteroatoms. The largest absolute Gasteiger partial charge is 0.464 e. The number of anilines is 1. The van der Waals surface area contributed by atoms with E-state index in [-0.39, 0.29) is 25.0 Å². The molecule has 1 aromatic heterocycles. The number of hydrogen-bond donors (Lipinski definition) is 2. The van der Waals surface area contributed by atoms with Gasteiger partial charge in [-0.05, 0) is 24.5 Å². The maximum absolute atomic E-state index is 12.2. The van der Waals surface area contributed by atoms with E-state index in [0.717, 1.165) is 31.2 Å². The lowest BCUT2D eigenvalue weighted by Crippen LogP contribution is -2.39. The predicted octanol–water partition coefficient (Wildman–Crippen LogP) is 2.18. The van der Waals surface area contributed by atoms with Gasteiger partial charge in [-0.3, -0.25) is 14.6 Å². The second kappa shape index (κ2) is 10.4. The number of carbonyl (C=O) groups excluding carboxylic acids is 3. The zero-order valence-electron chi connectivity index (χ0n) is 14.9. The Bertz CT molecular complexity index is 617. The Morgan fingerprint density at radius 1 is 1.35 bits per heavy atom. The molecule has 0 saturated heterocycles. The second-order valence-corrected chi connectivity index (χ2v) is 6.35. The van der Waals surface area contributed by atoms with E-state index >= 15 is 0 Å². The lowest BCUT2D eigenvalue weighted by Gasteiger charge is -2.24. The number of hydrogen-bond acceptors (Lipinski definition) is 6. The number of rotatable bonds is 8. The number of pyridine rings is 1. The molecule has 8 nitrogen and oxygen atoms in total. The standard InChI is InChI=1S/C18H25N3O5/c1-13(23)20-17-10-19-8-7-14(17)9-16(11-25-12-22)26-18(24)21-15-5-3-2-4-6-15/h7-8,10,12,15-16H,2-6,9,11H2,1H3,(H,20,23)(H,21,24). The van der Waals surface area contributed by atoms with E-state index in [0.29, 0.717) is 12.2 Å². The summed E-state index contributed by atoms with van der Waals surface area (Å²) in [4.78, 5) is 38.0. The monoisotopic (exact) mass is 363 g/mol. The first kappa shape index (κ1) is 19.7. The van der Waals surface area contributed by atoms with Crippen molar-refractivity contribution in [1.82, 2.24) is 10.3 Å².